The summed E-state index contributed by atoms with van der Waals surface area (Å²) in [6.45, 7) is 0. The second-order valence-corrected chi connectivity index (χ2v) is 2.69. The highest BCUT2D eigenvalue weighted by Crippen LogP contribution is 2.20. The van der Waals surface area contributed by atoms with Crippen molar-refractivity contribution in [1.29, 1.82) is 0 Å². The first-order chi connectivity index (χ1) is 4.79. The molecule has 1 aliphatic carbocycles. The molecule has 0 aromatic carbocycles. The Bertz CT molecular complexity index is 93.7. The fraction of sp³-hybridized carbons (Fsp3) is 1.00. The van der Waals surface area contributed by atoms with Crippen molar-refractivity contribution in [3.63, 3.8) is 0 Å². The van der Waals surface area contributed by atoms with Crippen LogP contribution in [0.2, 0.25) is 0 Å². The fourth-order valence-electron chi connectivity index (χ4n) is 1.36. The van der Waals surface area contributed by atoms with Crippen LogP contribution in [-0.4, -0.2) is 18.5 Å². The Hall–Kier alpha value is -0.0851. The Labute approximate surface area is 60.6 Å². The van der Waals surface area contributed by atoms with E-state index in [2.05, 4.69) is 4.65 Å². The first-order valence-electron chi connectivity index (χ1n) is 3.76. The van der Waals surface area contributed by atoms with Gasteiger partial charge in [0.2, 0.25) is 0 Å². The van der Waals surface area contributed by atoms with Gasteiger partial charge in [-0.1, -0.05) is 19.3 Å². The van der Waals surface area contributed by atoms with Crippen LogP contribution in [0.5, 0.6) is 0 Å². The van der Waals surface area contributed by atoms with Crippen LogP contribution >= 0.6 is 0 Å². The first kappa shape index (κ1) is 8.02. The summed E-state index contributed by atoms with van der Waals surface area (Å²) < 4.78 is 16.4. The third-order valence-electron chi connectivity index (χ3n) is 1.86. The second kappa shape index (κ2) is 3.93. The maximum Gasteiger partial charge on any atom is 0.677 e. The molecule has 4 heteroatoms. The first-order valence-corrected chi connectivity index (χ1v) is 3.76. The van der Waals surface area contributed by atoms with Gasteiger partial charge in [-0.15, -0.1) is 0 Å². The topological polar surface area (TPSA) is 29.5 Å². The fourth-order valence-corrected chi connectivity index (χ4v) is 1.36. The Morgan fingerprint density at radius 1 is 1.30 bits per heavy atom. The average molecular weight is 146 g/mol. The highest BCUT2D eigenvalue weighted by Gasteiger charge is 2.21. The van der Waals surface area contributed by atoms with E-state index in [1.807, 2.05) is 0 Å². The molecule has 0 aromatic heterocycles. The van der Waals surface area contributed by atoms with Crippen LogP contribution in [0, 0.1) is 0 Å². The Kier molecular flexibility index (Phi) is 3.15. The van der Waals surface area contributed by atoms with Crippen molar-refractivity contribution in [3.8, 4) is 0 Å². The summed E-state index contributed by atoms with van der Waals surface area (Å²) in [5.74, 6) is 0. The molecule has 1 saturated carbocycles. The minimum atomic E-state index is -2.08. The molecule has 0 unspecified atom stereocenters. The average Bonchev–Trinajstić information content (AvgIpc) is 1.88. The summed E-state index contributed by atoms with van der Waals surface area (Å²) in [7, 11) is -2.08. The van der Waals surface area contributed by atoms with Crippen LogP contribution in [0.25, 0.3) is 0 Å². The van der Waals surface area contributed by atoms with Crippen molar-refractivity contribution in [2.24, 2.45) is 0 Å². The molecule has 1 rings (SSSR count). The van der Waals surface area contributed by atoms with E-state index in [0.29, 0.717) is 0 Å². The van der Waals surface area contributed by atoms with Gasteiger partial charge in [-0.05, 0) is 12.8 Å². The van der Waals surface area contributed by atoms with Gasteiger partial charge in [0.15, 0.2) is 0 Å². The molecule has 2 nitrogen and oxygen atoms in total. The quantitative estimate of drug-likeness (QED) is 0.594. The van der Waals surface area contributed by atoms with Crippen LogP contribution in [0.4, 0.5) is 4.32 Å². The molecule has 58 valence electrons. The molecule has 0 heterocycles. The smallest absolute Gasteiger partial charge is 0.398 e. The monoisotopic (exact) mass is 146 g/mol. The Morgan fingerprint density at radius 3 is 2.40 bits per heavy atom. The largest absolute Gasteiger partial charge is 0.677 e. The number of hydrogen-bond acceptors (Lipinski definition) is 2. The molecule has 0 amide bonds. The summed E-state index contributed by atoms with van der Waals surface area (Å²) >= 11 is 0. The van der Waals surface area contributed by atoms with E-state index < -0.39 is 7.40 Å². The zero-order valence-corrected chi connectivity index (χ0v) is 5.92. The molecule has 10 heavy (non-hydrogen) atoms. The molecular formula is C6H12BFO2. The normalized spacial score (nSPS) is 21.0. The molecule has 1 fully saturated rings. The van der Waals surface area contributed by atoms with E-state index in [1.165, 1.54) is 6.42 Å². The van der Waals surface area contributed by atoms with Gasteiger partial charge in [0.25, 0.3) is 0 Å². The summed E-state index contributed by atoms with van der Waals surface area (Å²) in [6.07, 6.45) is 5.13. The van der Waals surface area contributed by atoms with Crippen LogP contribution in [0.1, 0.15) is 32.1 Å². The van der Waals surface area contributed by atoms with E-state index in [1.54, 1.807) is 0 Å². The predicted molar refractivity (Wildman–Crippen MR) is 37.0 cm³/mol. The van der Waals surface area contributed by atoms with Gasteiger partial charge < -0.3 is 9.68 Å². The number of halogens is 1. The zero-order chi connectivity index (χ0) is 7.40. The lowest BCUT2D eigenvalue weighted by atomic mass is 9.97. The maximum absolute atomic E-state index is 11.8. The van der Waals surface area contributed by atoms with Crippen molar-refractivity contribution < 1.29 is 14.0 Å². The SMILES string of the molecule is OB(F)OC1CCCCC1. The lowest BCUT2D eigenvalue weighted by Gasteiger charge is -2.20. The molecule has 0 aliphatic heterocycles. The number of rotatable bonds is 2. The van der Waals surface area contributed by atoms with Crippen molar-refractivity contribution >= 4 is 7.40 Å². The second-order valence-electron chi connectivity index (χ2n) is 2.69. The van der Waals surface area contributed by atoms with Gasteiger partial charge in [-0.2, -0.15) is 0 Å². The predicted octanol–water partition coefficient (Wildman–Crippen LogP) is 1.28. The summed E-state index contributed by atoms with van der Waals surface area (Å²) in [5, 5.41) is 8.22. The maximum atomic E-state index is 11.8. The van der Waals surface area contributed by atoms with Gasteiger partial charge in [0.05, 0.1) is 0 Å². The van der Waals surface area contributed by atoms with Gasteiger partial charge >= 0.3 is 7.40 Å². The standard InChI is InChI=1S/C6H12BFO2/c8-7(9)10-6-4-2-1-3-5-6/h6,9H,1-5H2. The molecule has 1 aliphatic rings. The molecule has 0 atom stereocenters. The van der Waals surface area contributed by atoms with Gasteiger partial charge in [-0.25, -0.2) is 0 Å². The van der Waals surface area contributed by atoms with Crippen LogP contribution < -0.4 is 0 Å². The van der Waals surface area contributed by atoms with E-state index in [0.717, 1.165) is 25.7 Å². The lowest BCUT2D eigenvalue weighted by molar-refractivity contribution is 0.107. The molecule has 0 bridgehead atoms. The summed E-state index contributed by atoms with van der Waals surface area (Å²) in [6, 6.07) is 0. The Balaban J connectivity index is 2.13. The highest BCUT2D eigenvalue weighted by molar-refractivity contribution is 6.33. The van der Waals surface area contributed by atoms with Gasteiger partial charge in [0.1, 0.15) is 0 Å². The van der Waals surface area contributed by atoms with Crippen LogP contribution in [-0.2, 0) is 4.65 Å². The summed E-state index contributed by atoms with van der Waals surface area (Å²) in [5.41, 5.74) is 0. The van der Waals surface area contributed by atoms with Crippen molar-refractivity contribution in [2.45, 2.75) is 38.2 Å². The molecule has 0 spiro atoms. The van der Waals surface area contributed by atoms with Crippen molar-refractivity contribution in [1.82, 2.24) is 0 Å². The Morgan fingerprint density at radius 2 is 1.90 bits per heavy atom. The zero-order valence-electron chi connectivity index (χ0n) is 5.92. The summed E-state index contributed by atoms with van der Waals surface area (Å²) in [4.78, 5) is 0. The highest BCUT2D eigenvalue weighted by atomic mass is 19.1. The van der Waals surface area contributed by atoms with E-state index in [4.69, 9.17) is 5.02 Å². The van der Waals surface area contributed by atoms with E-state index in [9.17, 15) is 4.32 Å². The van der Waals surface area contributed by atoms with Crippen LogP contribution in [0.3, 0.4) is 0 Å². The minimum Gasteiger partial charge on any atom is -0.398 e. The van der Waals surface area contributed by atoms with Crippen LogP contribution in [0.15, 0.2) is 0 Å². The van der Waals surface area contributed by atoms with Gasteiger partial charge in [0, 0.05) is 6.10 Å². The third-order valence-corrected chi connectivity index (χ3v) is 1.86. The molecule has 0 saturated heterocycles. The minimum absolute atomic E-state index is 0.0475. The van der Waals surface area contributed by atoms with E-state index >= 15 is 0 Å². The van der Waals surface area contributed by atoms with Crippen molar-refractivity contribution in [2.75, 3.05) is 0 Å². The van der Waals surface area contributed by atoms with Gasteiger partial charge in [-0.3, -0.25) is 4.32 Å². The molecule has 1 N–H and O–H groups in total. The van der Waals surface area contributed by atoms with E-state index in [-0.39, 0.29) is 6.10 Å². The van der Waals surface area contributed by atoms with Crippen molar-refractivity contribution in [3.05, 3.63) is 0 Å². The number of hydrogen-bond donors (Lipinski definition) is 1. The molecular weight excluding hydrogens is 134 g/mol. The third kappa shape index (κ3) is 2.67. The lowest BCUT2D eigenvalue weighted by Crippen LogP contribution is -2.24. The molecule has 0 radical (unpaired) electrons. The molecule has 0 aromatic rings.